The van der Waals surface area contributed by atoms with E-state index in [9.17, 15) is 0 Å². The third-order valence-corrected chi connectivity index (χ3v) is 1.62. The van der Waals surface area contributed by atoms with Crippen molar-refractivity contribution in [3.8, 4) is 0 Å². The van der Waals surface area contributed by atoms with E-state index in [1.54, 1.807) is 0 Å². The van der Waals surface area contributed by atoms with Crippen LogP contribution in [0.4, 0.5) is 0 Å². The third-order valence-electron chi connectivity index (χ3n) is 1.62. The number of hydrogen-bond donors (Lipinski definition) is 1. The molecule has 0 saturated heterocycles. The fourth-order valence-corrected chi connectivity index (χ4v) is 0.692. The van der Waals surface area contributed by atoms with Crippen LogP contribution in [0.1, 0.15) is 80.1 Å². The summed E-state index contributed by atoms with van der Waals surface area (Å²) in [5.74, 6) is 0. The van der Waals surface area contributed by atoms with Gasteiger partial charge in [-0.3, -0.25) is 0 Å². The minimum absolute atomic E-state index is 0.274. The highest BCUT2D eigenvalue weighted by Crippen LogP contribution is 1.82. The summed E-state index contributed by atoms with van der Waals surface area (Å²) >= 11 is 0. The first kappa shape index (κ1) is 27.5. The van der Waals surface area contributed by atoms with Crippen LogP contribution in [0.5, 0.6) is 0 Å². The van der Waals surface area contributed by atoms with Crippen LogP contribution in [-0.2, 0) is 0 Å². The van der Waals surface area contributed by atoms with Crippen molar-refractivity contribution in [3.05, 3.63) is 37.0 Å². The molecule has 1 N–H and O–H groups in total. The molecular weight excluding hydrogens is 244 g/mol. The predicted octanol–water partition coefficient (Wildman–Crippen LogP) is 6.70. The first-order valence-electron chi connectivity index (χ1n) is 8.18. The van der Waals surface area contributed by atoms with Gasteiger partial charge in [-0.25, -0.2) is 0 Å². The number of aliphatic hydroxyl groups is 1. The molecule has 0 saturated carbocycles. The van der Waals surface area contributed by atoms with Crippen molar-refractivity contribution in [1.29, 1.82) is 0 Å². The Morgan fingerprint density at radius 3 is 1.20 bits per heavy atom. The van der Waals surface area contributed by atoms with Crippen molar-refractivity contribution in [2.24, 2.45) is 0 Å². The summed E-state index contributed by atoms with van der Waals surface area (Å²) in [6.45, 7) is 16.4. The molecule has 0 bridgehead atoms. The first-order valence-corrected chi connectivity index (χ1v) is 8.18. The number of allylic oxidation sites excluding steroid dienone is 4. The van der Waals surface area contributed by atoms with E-state index in [1.807, 2.05) is 12.2 Å². The van der Waals surface area contributed by atoms with E-state index in [2.05, 4.69) is 66.3 Å². The van der Waals surface area contributed by atoms with Gasteiger partial charge in [0, 0.05) is 6.61 Å². The summed E-state index contributed by atoms with van der Waals surface area (Å²) in [5.41, 5.74) is 0. The molecule has 1 nitrogen and oxygen atoms in total. The van der Waals surface area contributed by atoms with Crippen LogP contribution in [0, 0.1) is 0 Å². The van der Waals surface area contributed by atoms with Crippen molar-refractivity contribution in [2.45, 2.75) is 80.1 Å². The molecule has 0 aromatic carbocycles. The van der Waals surface area contributed by atoms with Gasteiger partial charge in [0.15, 0.2) is 0 Å². The van der Waals surface area contributed by atoms with Crippen LogP contribution in [0.3, 0.4) is 0 Å². The van der Waals surface area contributed by atoms with Crippen LogP contribution in [0.25, 0.3) is 0 Å². The average Bonchev–Trinajstić information content (AvgIpc) is 2.47. The molecule has 0 rings (SSSR count). The minimum Gasteiger partial charge on any atom is -0.396 e. The zero-order valence-corrected chi connectivity index (χ0v) is 15.0. The SMILES string of the molecule is C=CCC.CCC.CCC=CCC.CCC=CCCO. The van der Waals surface area contributed by atoms with Crippen molar-refractivity contribution in [1.82, 2.24) is 0 Å². The molecule has 0 atom stereocenters. The molecule has 122 valence electrons. The lowest BCUT2D eigenvalue weighted by Gasteiger charge is -1.79. The van der Waals surface area contributed by atoms with Crippen molar-refractivity contribution >= 4 is 0 Å². The second-order valence-electron chi connectivity index (χ2n) is 4.08. The highest BCUT2D eigenvalue weighted by Gasteiger charge is 1.69. The van der Waals surface area contributed by atoms with E-state index >= 15 is 0 Å². The van der Waals surface area contributed by atoms with Crippen molar-refractivity contribution in [3.63, 3.8) is 0 Å². The summed E-state index contributed by atoms with van der Waals surface area (Å²) in [7, 11) is 0. The lowest BCUT2D eigenvalue weighted by molar-refractivity contribution is 0.302. The molecule has 0 spiro atoms. The Kier molecular flexibility index (Phi) is 59.0. The maximum absolute atomic E-state index is 8.24. The molecule has 0 aliphatic rings. The van der Waals surface area contributed by atoms with E-state index in [-0.39, 0.29) is 6.61 Å². The van der Waals surface area contributed by atoms with Gasteiger partial charge in [0.25, 0.3) is 0 Å². The normalized spacial score (nSPS) is 8.95. The van der Waals surface area contributed by atoms with Gasteiger partial charge >= 0.3 is 0 Å². The van der Waals surface area contributed by atoms with Gasteiger partial charge in [-0.15, -0.1) is 6.58 Å². The van der Waals surface area contributed by atoms with E-state index in [0.29, 0.717) is 0 Å². The van der Waals surface area contributed by atoms with Crippen LogP contribution >= 0.6 is 0 Å². The van der Waals surface area contributed by atoms with Gasteiger partial charge in [-0.2, -0.15) is 0 Å². The van der Waals surface area contributed by atoms with Gasteiger partial charge in [-0.05, 0) is 32.1 Å². The average molecular weight is 285 g/mol. The van der Waals surface area contributed by atoms with E-state index < -0.39 is 0 Å². The lowest BCUT2D eigenvalue weighted by Crippen LogP contribution is -1.73. The summed E-state index contributed by atoms with van der Waals surface area (Å²) in [4.78, 5) is 0. The Balaban J connectivity index is -0.0000000899. The smallest absolute Gasteiger partial charge is 0.0465 e. The zero-order chi connectivity index (χ0) is 16.5. The highest BCUT2D eigenvalue weighted by molar-refractivity contribution is 4.79. The van der Waals surface area contributed by atoms with Crippen molar-refractivity contribution in [2.75, 3.05) is 6.61 Å². The number of hydrogen-bond acceptors (Lipinski definition) is 1. The summed E-state index contributed by atoms with van der Waals surface area (Å²) in [6.07, 6.45) is 16.8. The van der Waals surface area contributed by atoms with Crippen LogP contribution in [-0.4, -0.2) is 11.7 Å². The van der Waals surface area contributed by atoms with Gasteiger partial charge in [-0.1, -0.05) is 78.3 Å². The summed E-state index contributed by atoms with van der Waals surface area (Å²) < 4.78 is 0. The van der Waals surface area contributed by atoms with Crippen LogP contribution in [0.15, 0.2) is 37.0 Å². The molecule has 0 aliphatic carbocycles. The topological polar surface area (TPSA) is 20.2 Å². The molecule has 0 fully saturated rings. The summed E-state index contributed by atoms with van der Waals surface area (Å²) in [6, 6.07) is 0. The van der Waals surface area contributed by atoms with Gasteiger partial charge in [0.2, 0.25) is 0 Å². The van der Waals surface area contributed by atoms with Crippen molar-refractivity contribution < 1.29 is 5.11 Å². The Morgan fingerprint density at radius 1 is 0.700 bits per heavy atom. The molecule has 20 heavy (non-hydrogen) atoms. The predicted molar refractivity (Wildman–Crippen MR) is 97.3 cm³/mol. The van der Waals surface area contributed by atoms with Gasteiger partial charge in [0.05, 0.1) is 0 Å². The Hall–Kier alpha value is -0.820. The Morgan fingerprint density at radius 2 is 1.00 bits per heavy atom. The molecule has 0 amide bonds. The zero-order valence-electron chi connectivity index (χ0n) is 15.0. The maximum Gasteiger partial charge on any atom is 0.0465 e. The highest BCUT2D eigenvalue weighted by atomic mass is 16.2. The third kappa shape index (κ3) is 87.2. The number of rotatable bonds is 6. The van der Waals surface area contributed by atoms with Crippen LogP contribution in [0.2, 0.25) is 0 Å². The maximum atomic E-state index is 8.24. The fourth-order valence-electron chi connectivity index (χ4n) is 0.692. The molecule has 0 heterocycles. The molecule has 0 aromatic rings. The molecule has 0 aliphatic heterocycles. The summed E-state index contributed by atoms with van der Waals surface area (Å²) in [5, 5.41) is 8.24. The Labute approximate surface area is 129 Å². The lowest BCUT2D eigenvalue weighted by atomic mass is 10.3. The second kappa shape index (κ2) is 42.9. The Bertz CT molecular complexity index is 163. The van der Waals surface area contributed by atoms with Gasteiger partial charge < -0.3 is 5.11 Å². The first-order chi connectivity index (χ1) is 9.66. The van der Waals surface area contributed by atoms with E-state index in [0.717, 1.165) is 19.3 Å². The molecule has 0 unspecified atom stereocenters. The van der Waals surface area contributed by atoms with E-state index in [4.69, 9.17) is 5.11 Å². The van der Waals surface area contributed by atoms with E-state index in [1.165, 1.54) is 19.3 Å². The molecule has 1 heteroatoms. The quantitative estimate of drug-likeness (QED) is 0.538. The second-order valence-corrected chi connectivity index (χ2v) is 4.08. The largest absolute Gasteiger partial charge is 0.396 e. The van der Waals surface area contributed by atoms with Gasteiger partial charge in [0.1, 0.15) is 0 Å². The fraction of sp³-hybridized carbons (Fsp3) is 0.684. The standard InChI is InChI=1S/C6H12O.C6H12.C4H8.C3H8/c1-2-3-4-5-6-7;1-3-5-6-4-2;1-3-4-2;1-3-2/h3-4,7H,2,5-6H2,1H3;5-6H,3-4H2,1-2H3;3H,1,4H2,2H3;3H2,1-2H3. The monoisotopic (exact) mass is 284 g/mol. The molecular formula is C19H40O. The minimum atomic E-state index is 0.274. The number of aliphatic hydroxyl groups excluding tert-OH is 1. The molecule has 0 radical (unpaired) electrons. The van der Waals surface area contributed by atoms with Crippen LogP contribution < -0.4 is 0 Å². The molecule has 0 aromatic heterocycles.